The Morgan fingerprint density at radius 1 is 1.26 bits per heavy atom. The molecule has 0 fully saturated rings. The lowest BCUT2D eigenvalue weighted by atomic mass is 10.1. The van der Waals surface area contributed by atoms with E-state index in [0.29, 0.717) is 5.69 Å². The second kappa shape index (κ2) is 5.29. The molecule has 3 aromatic heterocycles. The highest BCUT2D eigenvalue weighted by Crippen LogP contribution is 2.39. The number of aryl methyl sites for hydroxylation is 1. The summed E-state index contributed by atoms with van der Waals surface area (Å²) in [6.07, 6.45) is 1.91. The fourth-order valence-corrected chi connectivity index (χ4v) is 4.63. The molecule has 114 valence electrons. The minimum Gasteiger partial charge on any atom is -0.364 e. The average Bonchev–Trinajstić information content (AvgIpc) is 3.21. The van der Waals surface area contributed by atoms with Crippen LogP contribution in [-0.2, 0) is 0 Å². The maximum atomic E-state index is 11.8. The molecule has 23 heavy (non-hydrogen) atoms. The number of hydrogen-bond acceptors (Lipinski definition) is 5. The summed E-state index contributed by atoms with van der Waals surface area (Å²) in [6, 6.07) is 9.71. The van der Waals surface area contributed by atoms with Crippen LogP contribution in [0.25, 0.3) is 25.8 Å². The largest absolute Gasteiger partial charge is 0.364 e. The van der Waals surface area contributed by atoms with E-state index < -0.39 is 5.91 Å². The van der Waals surface area contributed by atoms with E-state index >= 15 is 0 Å². The highest BCUT2D eigenvalue weighted by atomic mass is 32.1. The number of hydrogen-bond donors (Lipinski definition) is 1. The molecule has 0 bridgehead atoms. The summed E-state index contributed by atoms with van der Waals surface area (Å²) in [7, 11) is 0. The Bertz CT molecular complexity index is 1010. The molecule has 5 nitrogen and oxygen atoms in total. The number of carbonyl (C=O) groups excluding carboxylic acids is 1. The lowest BCUT2D eigenvalue weighted by molar-refractivity contribution is 0.0997. The molecular formula is C16H12N4OS2. The van der Waals surface area contributed by atoms with Gasteiger partial charge in [-0.1, -0.05) is 30.3 Å². The number of primary amides is 1. The number of benzene rings is 1. The molecule has 0 radical (unpaired) electrons. The number of aromatic nitrogens is 3. The summed E-state index contributed by atoms with van der Waals surface area (Å²) >= 11 is 3.07. The van der Waals surface area contributed by atoms with Crippen molar-refractivity contribution < 1.29 is 4.79 Å². The topological polar surface area (TPSA) is 73.3 Å². The molecule has 0 aliphatic carbocycles. The Balaban J connectivity index is 1.96. The molecule has 0 saturated heterocycles. The molecular weight excluding hydrogens is 328 g/mol. The van der Waals surface area contributed by atoms with Crippen molar-refractivity contribution in [1.29, 1.82) is 0 Å². The van der Waals surface area contributed by atoms with Gasteiger partial charge in [0, 0.05) is 11.6 Å². The van der Waals surface area contributed by atoms with Crippen molar-refractivity contribution in [1.82, 2.24) is 14.6 Å². The standard InChI is InChI=1S/C16H12N4OS2/c1-9-11(16-20(19-9)7-8-22-16)15-18-12(14(17)21)13(23-15)10-5-3-2-4-6-10/h2-8H,1H3,(H2,17,21). The summed E-state index contributed by atoms with van der Waals surface area (Å²) < 4.78 is 1.84. The normalized spacial score (nSPS) is 11.2. The maximum absolute atomic E-state index is 11.8. The molecule has 3 heterocycles. The predicted octanol–water partition coefficient (Wildman–Crippen LogP) is 3.59. The Labute approximate surface area is 140 Å². The van der Waals surface area contributed by atoms with Gasteiger partial charge in [-0.25, -0.2) is 9.50 Å². The number of rotatable bonds is 3. The quantitative estimate of drug-likeness (QED) is 0.619. The molecule has 0 saturated carbocycles. The van der Waals surface area contributed by atoms with Gasteiger partial charge in [-0.3, -0.25) is 4.79 Å². The lowest BCUT2D eigenvalue weighted by Crippen LogP contribution is -2.12. The third-order valence-electron chi connectivity index (χ3n) is 3.53. The van der Waals surface area contributed by atoms with Crippen LogP contribution >= 0.6 is 22.7 Å². The fraction of sp³-hybridized carbons (Fsp3) is 0.0625. The first-order valence-corrected chi connectivity index (χ1v) is 8.63. The molecule has 1 aromatic carbocycles. The molecule has 2 N–H and O–H groups in total. The Morgan fingerprint density at radius 3 is 2.78 bits per heavy atom. The maximum Gasteiger partial charge on any atom is 0.268 e. The van der Waals surface area contributed by atoms with Gasteiger partial charge in [0.1, 0.15) is 15.5 Å². The number of thiazole rings is 2. The zero-order chi connectivity index (χ0) is 16.0. The van der Waals surface area contributed by atoms with Gasteiger partial charge >= 0.3 is 0 Å². The SMILES string of the molecule is Cc1nn2ccsc2c1-c1nc(C(N)=O)c(-c2ccccc2)s1. The minimum atomic E-state index is -0.515. The van der Waals surface area contributed by atoms with E-state index in [4.69, 9.17) is 5.73 Å². The monoisotopic (exact) mass is 340 g/mol. The molecule has 0 atom stereocenters. The molecule has 0 unspecified atom stereocenters. The molecule has 0 spiro atoms. The number of nitrogens with two attached hydrogens (primary N) is 1. The van der Waals surface area contributed by atoms with E-state index in [1.165, 1.54) is 11.3 Å². The molecule has 0 aliphatic heterocycles. The van der Waals surface area contributed by atoms with Gasteiger partial charge in [0.25, 0.3) is 5.91 Å². The first kappa shape index (κ1) is 14.1. The van der Waals surface area contributed by atoms with Crippen LogP contribution in [0.2, 0.25) is 0 Å². The van der Waals surface area contributed by atoms with Crippen molar-refractivity contribution in [3.63, 3.8) is 0 Å². The Morgan fingerprint density at radius 2 is 2.04 bits per heavy atom. The van der Waals surface area contributed by atoms with Crippen molar-refractivity contribution >= 4 is 33.4 Å². The van der Waals surface area contributed by atoms with Crippen LogP contribution < -0.4 is 5.73 Å². The van der Waals surface area contributed by atoms with Crippen molar-refractivity contribution in [3.05, 3.63) is 53.3 Å². The summed E-state index contributed by atoms with van der Waals surface area (Å²) in [6.45, 7) is 1.95. The summed E-state index contributed by atoms with van der Waals surface area (Å²) in [5.74, 6) is -0.515. The minimum absolute atomic E-state index is 0.312. The van der Waals surface area contributed by atoms with E-state index in [2.05, 4.69) is 10.1 Å². The van der Waals surface area contributed by atoms with Crippen molar-refractivity contribution in [2.75, 3.05) is 0 Å². The highest BCUT2D eigenvalue weighted by Gasteiger charge is 2.22. The molecule has 1 amide bonds. The smallest absolute Gasteiger partial charge is 0.268 e. The van der Waals surface area contributed by atoms with Crippen LogP contribution in [0.4, 0.5) is 0 Å². The van der Waals surface area contributed by atoms with Crippen LogP contribution in [0.3, 0.4) is 0 Å². The third kappa shape index (κ3) is 2.25. The Hall–Kier alpha value is -2.51. The van der Waals surface area contributed by atoms with Crippen LogP contribution in [-0.4, -0.2) is 20.5 Å². The summed E-state index contributed by atoms with van der Waals surface area (Å²) in [5, 5.41) is 7.23. The molecule has 7 heteroatoms. The number of amides is 1. The second-order valence-corrected chi connectivity index (χ2v) is 6.93. The zero-order valence-corrected chi connectivity index (χ0v) is 13.8. The summed E-state index contributed by atoms with van der Waals surface area (Å²) in [4.78, 5) is 18.2. The summed E-state index contributed by atoms with van der Waals surface area (Å²) in [5.41, 5.74) is 8.65. The van der Waals surface area contributed by atoms with E-state index in [0.717, 1.165) is 31.5 Å². The highest BCUT2D eigenvalue weighted by molar-refractivity contribution is 7.20. The van der Waals surface area contributed by atoms with Gasteiger partial charge in [-0.15, -0.1) is 22.7 Å². The number of carbonyl (C=O) groups is 1. The van der Waals surface area contributed by atoms with Gasteiger partial charge in [0.15, 0.2) is 0 Å². The first-order chi connectivity index (χ1) is 11.1. The fourth-order valence-electron chi connectivity index (χ4n) is 2.52. The van der Waals surface area contributed by atoms with Crippen LogP contribution in [0.1, 0.15) is 16.2 Å². The van der Waals surface area contributed by atoms with Gasteiger partial charge in [-0.05, 0) is 12.5 Å². The predicted molar refractivity (Wildman–Crippen MR) is 92.9 cm³/mol. The lowest BCUT2D eigenvalue weighted by Gasteiger charge is -1.97. The first-order valence-electron chi connectivity index (χ1n) is 6.94. The van der Waals surface area contributed by atoms with Crippen LogP contribution in [0.15, 0.2) is 41.9 Å². The molecule has 4 rings (SSSR count). The average molecular weight is 340 g/mol. The van der Waals surface area contributed by atoms with Crippen molar-refractivity contribution in [2.24, 2.45) is 5.73 Å². The van der Waals surface area contributed by atoms with Crippen LogP contribution in [0.5, 0.6) is 0 Å². The van der Waals surface area contributed by atoms with Gasteiger partial charge in [0.2, 0.25) is 0 Å². The van der Waals surface area contributed by atoms with E-state index in [1.807, 2.05) is 53.3 Å². The molecule has 4 aromatic rings. The van der Waals surface area contributed by atoms with Crippen LogP contribution in [0, 0.1) is 6.92 Å². The van der Waals surface area contributed by atoms with Crippen molar-refractivity contribution in [3.8, 4) is 21.0 Å². The Kier molecular flexibility index (Phi) is 3.24. The van der Waals surface area contributed by atoms with Gasteiger partial charge in [0.05, 0.1) is 16.1 Å². The molecule has 0 aliphatic rings. The third-order valence-corrected chi connectivity index (χ3v) is 5.53. The zero-order valence-electron chi connectivity index (χ0n) is 12.2. The van der Waals surface area contributed by atoms with Crippen molar-refractivity contribution in [2.45, 2.75) is 6.92 Å². The van der Waals surface area contributed by atoms with E-state index in [-0.39, 0.29) is 0 Å². The van der Waals surface area contributed by atoms with Gasteiger partial charge < -0.3 is 5.73 Å². The second-order valence-electron chi connectivity index (χ2n) is 5.04. The number of fused-ring (bicyclic) bond motifs is 1. The van der Waals surface area contributed by atoms with E-state index in [9.17, 15) is 4.79 Å². The van der Waals surface area contributed by atoms with E-state index in [1.54, 1.807) is 11.3 Å². The number of nitrogens with zero attached hydrogens (tertiary/aromatic N) is 3. The van der Waals surface area contributed by atoms with Gasteiger partial charge in [-0.2, -0.15) is 5.10 Å².